The lowest BCUT2D eigenvalue weighted by Gasteiger charge is -2.02. The van der Waals surface area contributed by atoms with Crippen molar-refractivity contribution in [2.24, 2.45) is 0 Å². The molecule has 0 unspecified atom stereocenters. The van der Waals surface area contributed by atoms with Gasteiger partial charge in [-0.15, -0.1) is 0 Å². The first-order valence-electron chi connectivity index (χ1n) is 7.32. The van der Waals surface area contributed by atoms with Crippen molar-refractivity contribution in [2.45, 2.75) is 32.6 Å². The zero-order valence-electron chi connectivity index (χ0n) is 11.6. The Morgan fingerprint density at radius 3 is 2.95 bits per heavy atom. The van der Waals surface area contributed by atoms with Gasteiger partial charge in [0.1, 0.15) is 0 Å². The summed E-state index contributed by atoms with van der Waals surface area (Å²) in [5.41, 5.74) is 7.10. The molecule has 3 heteroatoms. The number of rotatable bonds is 3. The van der Waals surface area contributed by atoms with Crippen LogP contribution in [0.25, 0.3) is 16.9 Å². The molecule has 0 radical (unpaired) electrons. The maximum atomic E-state index is 4.78. The molecule has 20 heavy (non-hydrogen) atoms. The third kappa shape index (κ3) is 1.66. The van der Waals surface area contributed by atoms with Gasteiger partial charge in [0.15, 0.2) is 5.65 Å². The molecule has 0 atom stereocenters. The summed E-state index contributed by atoms with van der Waals surface area (Å²) in [7, 11) is 0. The molecule has 100 valence electrons. The van der Waals surface area contributed by atoms with Crippen molar-refractivity contribution in [3.63, 3.8) is 0 Å². The van der Waals surface area contributed by atoms with Crippen LogP contribution >= 0.6 is 0 Å². The molecule has 1 aromatic carbocycles. The summed E-state index contributed by atoms with van der Waals surface area (Å²) < 4.78 is 2.04. The van der Waals surface area contributed by atoms with Gasteiger partial charge in [-0.1, -0.05) is 37.6 Å². The van der Waals surface area contributed by atoms with E-state index < -0.39 is 0 Å². The van der Waals surface area contributed by atoms with Gasteiger partial charge in [0.2, 0.25) is 0 Å². The number of nitrogens with zero attached hydrogens (tertiary/aromatic N) is 3. The molecule has 0 saturated heterocycles. The average molecular weight is 263 g/mol. The summed E-state index contributed by atoms with van der Waals surface area (Å²) in [4.78, 5) is 4.76. The van der Waals surface area contributed by atoms with Crippen LogP contribution in [-0.4, -0.2) is 14.6 Å². The van der Waals surface area contributed by atoms with Gasteiger partial charge in [-0.3, -0.25) is 0 Å². The van der Waals surface area contributed by atoms with Crippen LogP contribution in [0.15, 0.2) is 36.4 Å². The molecule has 0 fully saturated rings. The molecule has 0 amide bonds. The Morgan fingerprint density at radius 2 is 2.05 bits per heavy atom. The maximum Gasteiger partial charge on any atom is 0.154 e. The molecule has 1 aliphatic carbocycles. The van der Waals surface area contributed by atoms with Gasteiger partial charge in [0, 0.05) is 12.0 Å². The summed E-state index contributed by atoms with van der Waals surface area (Å²) in [5.74, 6) is 0. The first kappa shape index (κ1) is 11.6. The van der Waals surface area contributed by atoms with Gasteiger partial charge in [-0.2, -0.15) is 5.10 Å². The highest BCUT2D eigenvalue weighted by Crippen LogP contribution is 2.35. The monoisotopic (exact) mass is 263 g/mol. The van der Waals surface area contributed by atoms with Crippen LogP contribution in [0.4, 0.5) is 0 Å². The molecular weight excluding hydrogens is 246 g/mol. The Labute approximate surface area is 118 Å². The van der Waals surface area contributed by atoms with Gasteiger partial charge < -0.3 is 0 Å². The molecular formula is C17H17N3. The third-order valence-corrected chi connectivity index (χ3v) is 4.04. The van der Waals surface area contributed by atoms with Crippen LogP contribution in [0, 0.1) is 0 Å². The second-order valence-electron chi connectivity index (χ2n) is 5.44. The Kier molecular flexibility index (Phi) is 2.59. The van der Waals surface area contributed by atoms with Crippen molar-refractivity contribution in [1.82, 2.24) is 14.6 Å². The first-order chi connectivity index (χ1) is 9.86. The Hall–Kier alpha value is -2.16. The fourth-order valence-corrected chi connectivity index (χ4v) is 2.97. The summed E-state index contributed by atoms with van der Waals surface area (Å²) in [6.07, 6.45) is 4.38. The second-order valence-corrected chi connectivity index (χ2v) is 5.44. The minimum absolute atomic E-state index is 0.941. The van der Waals surface area contributed by atoms with E-state index in [0.717, 1.165) is 29.9 Å². The lowest BCUT2D eigenvalue weighted by atomic mass is 10.1. The van der Waals surface area contributed by atoms with Crippen molar-refractivity contribution < 1.29 is 0 Å². The number of unbranched alkanes of at least 4 members (excludes halogenated alkanes) is 1. The first-order valence-corrected chi connectivity index (χ1v) is 7.32. The summed E-state index contributed by atoms with van der Waals surface area (Å²) in [6.45, 7) is 2.21. The van der Waals surface area contributed by atoms with Crippen LogP contribution in [0.2, 0.25) is 0 Å². The highest BCUT2D eigenvalue weighted by Gasteiger charge is 2.24. The summed E-state index contributed by atoms with van der Waals surface area (Å²) in [5, 5.41) is 4.78. The Bertz CT molecular complexity index is 786. The SMILES string of the molecule is CCCCc1ccc2nc3c(n2n1)Cc1ccccc1-3. The smallest absolute Gasteiger partial charge is 0.154 e. The number of imidazole rings is 1. The van der Waals surface area contributed by atoms with Gasteiger partial charge >= 0.3 is 0 Å². The second kappa shape index (κ2) is 4.44. The van der Waals surface area contributed by atoms with Crippen molar-refractivity contribution in [1.29, 1.82) is 0 Å². The van der Waals surface area contributed by atoms with E-state index in [1.165, 1.54) is 29.7 Å². The standard InChI is InChI=1S/C17H17N3/c1-2-3-7-13-9-10-16-18-17-14-8-5-4-6-12(14)11-15(17)20(16)19-13/h4-6,8-10H,2-3,7,11H2,1H3. The van der Waals surface area contributed by atoms with E-state index in [0.29, 0.717) is 0 Å². The molecule has 2 heterocycles. The van der Waals surface area contributed by atoms with Crippen molar-refractivity contribution in [3.05, 3.63) is 53.3 Å². The van der Waals surface area contributed by atoms with Crippen molar-refractivity contribution in [3.8, 4) is 11.3 Å². The van der Waals surface area contributed by atoms with Crippen molar-refractivity contribution >= 4 is 5.65 Å². The van der Waals surface area contributed by atoms with Gasteiger partial charge in [-0.25, -0.2) is 9.50 Å². The molecule has 3 aromatic rings. The van der Waals surface area contributed by atoms with E-state index in [4.69, 9.17) is 10.1 Å². The molecule has 0 bridgehead atoms. The van der Waals surface area contributed by atoms with E-state index in [1.807, 2.05) is 4.52 Å². The zero-order valence-corrected chi connectivity index (χ0v) is 11.6. The fraction of sp³-hybridized carbons (Fsp3) is 0.294. The lowest BCUT2D eigenvalue weighted by Crippen LogP contribution is -2.01. The normalized spacial score (nSPS) is 12.7. The Morgan fingerprint density at radius 1 is 1.15 bits per heavy atom. The van der Waals surface area contributed by atoms with Crippen LogP contribution < -0.4 is 0 Å². The highest BCUT2D eigenvalue weighted by molar-refractivity contribution is 5.75. The minimum Gasteiger partial charge on any atom is -0.227 e. The molecule has 3 nitrogen and oxygen atoms in total. The van der Waals surface area contributed by atoms with E-state index in [9.17, 15) is 0 Å². The molecule has 4 rings (SSSR count). The quantitative estimate of drug-likeness (QED) is 0.565. The topological polar surface area (TPSA) is 30.2 Å². The maximum absolute atomic E-state index is 4.78. The lowest BCUT2D eigenvalue weighted by molar-refractivity contribution is 0.740. The molecule has 1 aliphatic rings. The van der Waals surface area contributed by atoms with E-state index >= 15 is 0 Å². The average Bonchev–Trinajstić information content (AvgIpc) is 3.01. The van der Waals surface area contributed by atoms with Gasteiger partial charge in [0.05, 0.1) is 17.1 Å². The van der Waals surface area contributed by atoms with Crippen LogP contribution in [0.3, 0.4) is 0 Å². The summed E-state index contributed by atoms with van der Waals surface area (Å²) >= 11 is 0. The minimum atomic E-state index is 0.941. The predicted molar refractivity (Wildman–Crippen MR) is 79.8 cm³/mol. The zero-order chi connectivity index (χ0) is 13.5. The van der Waals surface area contributed by atoms with Crippen LogP contribution in [-0.2, 0) is 12.8 Å². The Balaban J connectivity index is 1.84. The van der Waals surface area contributed by atoms with Crippen molar-refractivity contribution in [2.75, 3.05) is 0 Å². The molecule has 0 spiro atoms. The third-order valence-electron chi connectivity index (χ3n) is 4.04. The van der Waals surface area contributed by atoms with Gasteiger partial charge in [-0.05, 0) is 30.5 Å². The molecule has 0 N–H and O–H groups in total. The number of fused-ring (bicyclic) bond motifs is 5. The van der Waals surface area contributed by atoms with E-state index in [1.54, 1.807) is 0 Å². The van der Waals surface area contributed by atoms with Crippen LogP contribution in [0.5, 0.6) is 0 Å². The number of aryl methyl sites for hydroxylation is 1. The highest BCUT2D eigenvalue weighted by atomic mass is 15.3. The fourth-order valence-electron chi connectivity index (χ4n) is 2.97. The predicted octanol–water partition coefficient (Wildman–Crippen LogP) is 3.64. The number of hydrogen-bond donors (Lipinski definition) is 0. The molecule has 2 aromatic heterocycles. The number of hydrogen-bond acceptors (Lipinski definition) is 2. The van der Waals surface area contributed by atoms with E-state index in [2.05, 4.69) is 43.3 Å². The largest absolute Gasteiger partial charge is 0.227 e. The van der Waals surface area contributed by atoms with Crippen LogP contribution in [0.1, 0.15) is 36.7 Å². The molecule has 0 saturated carbocycles. The number of benzene rings is 1. The number of aromatic nitrogens is 3. The van der Waals surface area contributed by atoms with Gasteiger partial charge in [0.25, 0.3) is 0 Å². The molecule has 0 aliphatic heterocycles. The summed E-state index contributed by atoms with van der Waals surface area (Å²) in [6, 6.07) is 12.7. The van der Waals surface area contributed by atoms with E-state index in [-0.39, 0.29) is 0 Å².